The number of rotatable bonds is 3. The van der Waals surface area contributed by atoms with Gasteiger partial charge in [-0.15, -0.1) is 0 Å². The second-order valence-electron chi connectivity index (χ2n) is 3.81. The molecule has 0 saturated carbocycles. The number of hydrogen-bond donors (Lipinski definition) is 1. The zero-order chi connectivity index (χ0) is 12.4. The van der Waals surface area contributed by atoms with Crippen LogP contribution in [0.4, 0.5) is 8.78 Å². The predicted octanol–water partition coefficient (Wildman–Crippen LogP) is 2.23. The maximum absolute atomic E-state index is 13.1. The molecule has 17 heavy (non-hydrogen) atoms. The molecule has 3 nitrogen and oxygen atoms in total. The van der Waals surface area contributed by atoms with Crippen molar-refractivity contribution in [2.75, 3.05) is 0 Å². The molecule has 1 heterocycles. The highest BCUT2D eigenvalue weighted by atomic mass is 19.1. The van der Waals surface area contributed by atoms with Crippen molar-refractivity contribution in [2.45, 2.75) is 19.5 Å². The van der Waals surface area contributed by atoms with Crippen molar-refractivity contribution in [1.29, 1.82) is 0 Å². The molecule has 0 bridgehead atoms. The van der Waals surface area contributed by atoms with E-state index >= 15 is 0 Å². The molecule has 1 atom stereocenters. The van der Waals surface area contributed by atoms with E-state index in [0.29, 0.717) is 11.3 Å². The summed E-state index contributed by atoms with van der Waals surface area (Å²) >= 11 is 0. The number of nitrogens with two attached hydrogens (primary N) is 1. The monoisotopic (exact) mass is 237 g/mol. The van der Waals surface area contributed by atoms with Gasteiger partial charge in [0.2, 0.25) is 0 Å². The van der Waals surface area contributed by atoms with E-state index in [4.69, 9.17) is 5.73 Å². The number of nitrogens with zero attached hydrogens (tertiary/aromatic N) is 2. The van der Waals surface area contributed by atoms with Gasteiger partial charge in [0.25, 0.3) is 0 Å². The number of imidazole rings is 1. The van der Waals surface area contributed by atoms with Gasteiger partial charge < -0.3 is 10.3 Å². The molecular formula is C12H13F2N3. The van der Waals surface area contributed by atoms with Crippen molar-refractivity contribution in [1.82, 2.24) is 9.55 Å². The topological polar surface area (TPSA) is 43.8 Å². The lowest BCUT2D eigenvalue weighted by molar-refractivity contribution is 0.577. The van der Waals surface area contributed by atoms with Gasteiger partial charge in [-0.1, -0.05) is 0 Å². The van der Waals surface area contributed by atoms with Crippen LogP contribution in [0.5, 0.6) is 0 Å². The normalized spacial score (nSPS) is 12.7. The largest absolute Gasteiger partial charge is 0.337 e. The van der Waals surface area contributed by atoms with Crippen molar-refractivity contribution in [3.63, 3.8) is 0 Å². The molecule has 5 heteroatoms. The highest BCUT2D eigenvalue weighted by molar-refractivity contribution is 5.27. The van der Waals surface area contributed by atoms with Crippen LogP contribution in [-0.4, -0.2) is 9.55 Å². The summed E-state index contributed by atoms with van der Waals surface area (Å²) in [7, 11) is 0. The van der Waals surface area contributed by atoms with E-state index in [1.807, 2.05) is 11.5 Å². The minimum absolute atomic E-state index is 0.379. The third-order valence-electron chi connectivity index (χ3n) is 2.58. The van der Waals surface area contributed by atoms with Crippen LogP contribution in [0.2, 0.25) is 0 Å². The lowest BCUT2D eigenvalue weighted by Gasteiger charge is -2.09. The van der Waals surface area contributed by atoms with Gasteiger partial charge in [0.05, 0.1) is 18.1 Å². The summed E-state index contributed by atoms with van der Waals surface area (Å²) in [5.41, 5.74) is 6.89. The number of hydrogen-bond acceptors (Lipinski definition) is 2. The Kier molecular flexibility index (Phi) is 3.19. The molecule has 1 aromatic carbocycles. The molecule has 1 unspecified atom stereocenters. The Morgan fingerprint density at radius 3 is 2.47 bits per heavy atom. The van der Waals surface area contributed by atoms with Gasteiger partial charge in [0.15, 0.2) is 0 Å². The maximum Gasteiger partial charge on any atom is 0.126 e. The van der Waals surface area contributed by atoms with Crippen LogP contribution in [0.3, 0.4) is 0 Å². The summed E-state index contributed by atoms with van der Waals surface area (Å²) < 4.78 is 28.0. The Hall–Kier alpha value is -1.75. The Morgan fingerprint density at radius 2 is 1.94 bits per heavy atom. The van der Waals surface area contributed by atoms with Crippen LogP contribution >= 0.6 is 0 Å². The fourth-order valence-corrected chi connectivity index (χ4v) is 1.64. The number of aromatic nitrogens is 2. The molecular weight excluding hydrogens is 224 g/mol. The van der Waals surface area contributed by atoms with E-state index < -0.39 is 17.7 Å². The van der Waals surface area contributed by atoms with E-state index in [1.165, 1.54) is 12.1 Å². The molecule has 0 aliphatic heterocycles. The smallest absolute Gasteiger partial charge is 0.126 e. The minimum atomic E-state index is -0.634. The standard InChI is InChI=1S/C12H13F2N3/c1-2-17-6-11(16-7-17)12(15)8-3-9(13)5-10(14)4-8/h3-7,12H,2,15H2,1H3. The van der Waals surface area contributed by atoms with E-state index in [2.05, 4.69) is 4.98 Å². The summed E-state index contributed by atoms with van der Waals surface area (Å²) in [6.07, 6.45) is 3.42. The first-order chi connectivity index (χ1) is 8.10. The van der Waals surface area contributed by atoms with Crippen molar-refractivity contribution in [2.24, 2.45) is 5.73 Å². The number of benzene rings is 1. The minimum Gasteiger partial charge on any atom is -0.337 e. The number of aryl methyl sites for hydroxylation is 1. The Bertz CT molecular complexity index is 502. The van der Waals surface area contributed by atoms with Crippen LogP contribution in [0.15, 0.2) is 30.7 Å². The van der Waals surface area contributed by atoms with Crippen LogP contribution < -0.4 is 5.73 Å². The molecule has 2 N–H and O–H groups in total. The lowest BCUT2D eigenvalue weighted by atomic mass is 10.1. The first-order valence-electron chi connectivity index (χ1n) is 5.33. The number of halogens is 2. The van der Waals surface area contributed by atoms with Crippen LogP contribution in [-0.2, 0) is 6.54 Å². The predicted molar refractivity (Wildman–Crippen MR) is 60.3 cm³/mol. The molecule has 1 aromatic heterocycles. The molecule has 2 rings (SSSR count). The highest BCUT2D eigenvalue weighted by Crippen LogP contribution is 2.20. The molecule has 0 aliphatic carbocycles. The molecule has 90 valence electrons. The van der Waals surface area contributed by atoms with Crippen molar-refractivity contribution < 1.29 is 8.78 Å². The van der Waals surface area contributed by atoms with Gasteiger partial charge in [-0.3, -0.25) is 0 Å². The highest BCUT2D eigenvalue weighted by Gasteiger charge is 2.13. The van der Waals surface area contributed by atoms with Crippen LogP contribution in [0.1, 0.15) is 24.2 Å². The Balaban J connectivity index is 2.32. The van der Waals surface area contributed by atoms with Gasteiger partial charge in [-0.05, 0) is 24.6 Å². The second kappa shape index (κ2) is 4.63. The molecule has 2 aromatic rings. The summed E-state index contributed by atoms with van der Waals surface area (Å²) in [6.45, 7) is 2.75. The Morgan fingerprint density at radius 1 is 1.29 bits per heavy atom. The lowest BCUT2D eigenvalue weighted by Crippen LogP contribution is -2.13. The molecule has 0 fully saturated rings. The quantitative estimate of drug-likeness (QED) is 0.889. The summed E-state index contributed by atoms with van der Waals surface area (Å²) in [5, 5.41) is 0. The molecule has 0 spiro atoms. The Labute approximate surface area is 97.9 Å². The van der Waals surface area contributed by atoms with Crippen LogP contribution in [0.25, 0.3) is 0 Å². The summed E-state index contributed by atoms with van der Waals surface area (Å²) in [5.74, 6) is -1.27. The first kappa shape index (κ1) is 11.7. The van der Waals surface area contributed by atoms with Gasteiger partial charge in [-0.25, -0.2) is 13.8 Å². The van der Waals surface area contributed by atoms with Crippen LogP contribution in [0, 0.1) is 11.6 Å². The molecule has 0 amide bonds. The van der Waals surface area contributed by atoms with E-state index in [1.54, 1.807) is 12.5 Å². The van der Waals surface area contributed by atoms with E-state index in [0.717, 1.165) is 12.6 Å². The summed E-state index contributed by atoms with van der Waals surface area (Å²) in [6, 6.07) is 2.64. The third kappa shape index (κ3) is 2.50. The average molecular weight is 237 g/mol. The fourth-order valence-electron chi connectivity index (χ4n) is 1.64. The SMILES string of the molecule is CCn1cnc(C(N)c2cc(F)cc(F)c2)c1. The van der Waals surface area contributed by atoms with Crippen molar-refractivity contribution in [3.8, 4) is 0 Å². The van der Waals surface area contributed by atoms with E-state index in [9.17, 15) is 8.78 Å². The molecule has 0 aliphatic rings. The van der Waals surface area contributed by atoms with Gasteiger partial charge in [0.1, 0.15) is 11.6 Å². The second-order valence-corrected chi connectivity index (χ2v) is 3.81. The first-order valence-corrected chi connectivity index (χ1v) is 5.33. The van der Waals surface area contributed by atoms with Gasteiger partial charge in [-0.2, -0.15) is 0 Å². The fraction of sp³-hybridized carbons (Fsp3) is 0.250. The van der Waals surface area contributed by atoms with E-state index in [-0.39, 0.29) is 0 Å². The molecule has 0 saturated heterocycles. The zero-order valence-electron chi connectivity index (χ0n) is 9.40. The average Bonchev–Trinajstić information content (AvgIpc) is 2.75. The third-order valence-corrected chi connectivity index (χ3v) is 2.58. The van der Waals surface area contributed by atoms with Gasteiger partial charge >= 0.3 is 0 Å². The molecule has 0 radical (unpaired) electrons. The van der Waals surface area contributed by atoms with Gasteiger partial charge in [0, 0.05) is 18.8 Å². The summed E-state index contributed by atoms with van der Waals surface area (Å²) in [4.78, 5) is 4.12. The van der Waals surface area contributed by atoms with Crippen molar-refractivity contribution in [3.05, 3.63) is 53.6 Å². The maximum atomic E-state index is 13.1. The van der Waals surface area contributed by atoms with Crippen molar-refractivity contribution >= 4 is 0 Å². The zero-order valence-corrected chi connectivity index (χ0v) is 9.40.